The summed E-state index contributed by atoms with van der Waals surface area (Å²) in [4.78, 5) is 4.23. The Morgan fingerprint density at radius 3 is 2.65 bits per heavy atom. The number of anilines is 1. The van der Waals surface area contributed by atoms with Crippen LogP contribution in [0.2, 0.25) is 10.0 Å². The zero-order valence-corrected chi connectivity index (χ0v) is 12.5. The molecule has 1 N–H and O–H groups in total. The van der Waals surface area contributed by atoms with Gasteiger partial charge in [0.2, 0.25) is 5.88 Å². The van der Waals surface area contributed by atoms with Crippen molar-refractivity contribution < 1.29 is 9.13 Å². The molecule has 1 aromatic heterocycles. The van der Waals surface area contributed by atoms with Crippen molar-refractivity contribution in [2.75, 3.05) is 11.9 Å². The Kier molecular flexibility index (Phi) is 4.68. The first-order chi connectivity index (χ1) is 9.51. The minimum atomic E-state index is -0.321. The third-order valence-electron chi connectivity index (χ3n) is 2.59. The van der Waals surface area contributed by atoms with E-state index in [1.807, 2.05) is 6.92 Å². The van der Waals surface area contributed by atoms with Crippen molar-refractivity contribution in [3.63, 3.8) is 0 Å². The maximum Gasteiger partial charge on any atom is 0.240 e. The van der Waals surface area contributed by atoms with Crippen LogP contribution in [0.25, 0.3) is 0 Å². The van der Waals surface area contributed by atoms with Crippen molar-refractivity contribution in [2.24, 2.45) is 0 Å². The fourth-order valence-corrected chi connectivity index (χ4v) is 2.11. The lowest BCUT2D eigenvalue weighted by atomic mass is 10.2. The van der Waals surface area contributed by atoms with E-state index < -0.39 is 0 Å². The molecule has 2 aromatic rings. The lowest BCUT2D eigenvalue weighted by Crippen LogP contribution is -2.02. The van der Waals surface area contributed by atoms with Gasteiger partial charge in [-0.2, -0.15) is 4.98 Å². The Bertz CT molecular complexity index is 635. The highest BCUT2D eigenvalue weighted by Gasteiger charge is 2.12. The zero-order chi connectivity index (χ0) is 14.7. The van der Waals surface area contributed by atoms with Gasteiger partial charge in [-0.1, -0.05) is 23.2 Å². The molecule has 1 heterocycles. The first-order valence-electron chi connectivity index (χ1n) is 6.05. The van der Waals surface area contributed by atoms with Crippen LogP contribution in [0, 0.1) is 12.7 Å². The van der Waals surface area contributed by atoms with Crippen LogP contribution in [0.1, 0.15) is 12.5 Å². The van der Waals surface area contributed by atoms with E-state index in [2.05, 4.69) is 10.3 Å². The first-order valence-corrected chi connectivity index (χ1v) is 6.80. The molecule has 0 bridgehead atoms. The smallest absolute Gasteiger partial charge is 0.240 e. The number of nitrogens with one attached hydrogen (secondary N) is 1. The molecule has 0 radical (unpaired) electrons. The Morgan fingerprint density at radius 2 is 2.00 bits per heavy atom. The van der Waals surface area contributed by atoms with E-state index in [-0.39, 0.29) is 11.7 Å². The van der Waals surface area contributed by atoms with Gasteiger partial charge >= 0.3 is 0 Å². The van der Waals surface area contributed by atoms with Gasteiger partial charge in [0.25, 0.3) is 0 Å². The highest BCUT2D eigenvalue weighted by Crippen LogP contribution is 2.34. The highest BCUT2D eigenvalue weighted by molar-refractivity contribution is 6.36. The predicted octanol–water partition coefficient (Wildman–Crippen LogP) is 5.06. The first kappa shape index (κ1) is 14.9. The molecular formula is C14H13Cl2FN2O. The van der Waals surface area contributed by atoms with Gasteiger partial charge in [-0.15, -0.1) is 0 Å². The molecule has 0 saturated heterocycles. The monoisotopic (exact) mass is 314 g/mol. The van der Waals surface area contributed by atoms with Crippen LogP contribution in [-0.2, 0) is 0 Å². The average molecular weight is 315 g/mol. The number of nitrogens with zero attached hydrogens (tertiary/aromatic N) is 1. The molecule has 0 aliphatic rings. The van der Waals surface area contributed by atoms with Crippen molar-refractivity contribution in [1.82, 2.24) is 4.98 Å². The molecule has 0 amide bonds. The molecule has 3 nitrogen and oxygen atoms in total. The van der Waals surface area contributed by atoms with Gasteiger partial charge < -0.3 is 10.1 Å². The maximum atomic E-state index is 13.1. The second-order valence-corrected chi connectivity index (χ2v) is 4.96. The molecule has 1 aromatic carbocycles. The fraction of sp³-hybridized carbons (Fsp3) is 0.214. The highest BCUT2D eigenvalue weighted by atomic mass is 35.5. The van der Waals surface area contributed by atoms with Crippen LogP contribution in [0.5, 0.6) is 11.6 Å². The molecule has 0 atom stereocenters. The van der Waals surface area contributed by atoms with Crippen molar-refractivity contribution in [2.45, 2.75) is 13.8 Å². The minimum absolute atomic E-state index is 0.224. The molecule has 20 heavy (non-hydrogen) atoms. The summed E-state index contributed by atoms with van der Waals surface area (Å²) in [7, 11) is 0. The van der Waals surface area contributed by atoms with Gasteiger partial charge in [-0.05, 0) is 43.7 Å². The molecule has 2 rings (SSSR count). The summed E-state index contributed by atoms with van der Waals surface area (Å²) in [6.07, 6.45) is 0. The zero-order valence-electron chi connectivity index (χ0n) is 11.0. The van der Waals surface area contributed by atoms with Gasteiger partial charge in [0, 0.05) is 6.54 Å². The summed E-state index contributed by atoms with van der Waals surface area (Å²) >= 11 is 12.1. The topological polar surface area (TPSA) is 34.2 Å². The van der Waals surface area contributed by atoms with Crippen molar-refractivity contribution >= 4 is 29.0 Å². The van der Waals surface area contributed by atoms with E-state index in [1.165, 1.54) is 18.2 Å². The minimum Gasteiger partial charge on any atom is -0.437 e. The molecule has 0 aliphatic carbocycles. The Hall–Kier alpha value is -1.52. The van der Waals surface area contributed by atoms with Gasteiger partial charge in [-0.3, -0.25) is 0 Å². The number of hydrogen-bond donors (Lipinski definition) is 1. The quantitative estimate of drug-likeness (QED) is 0.856. The number of aryl methyl sites for hydroxylation is 1. The summed E-state index contributed by atoms with van der Waals surface area (Å²) in [6, 6.07) is 5.79. The van der Waals surface area contributed by atoms with Crippen LogP contribution in [-0.4, -0.2) is 11.5 Å². The molecule has 0 unspecified atom stereocenters. The Labute approximate surface area is 126 Å². The lowest BCUT2D eigenvalue weighted by Gasteiger charge is -2.12. The largest absolute Gasteiger partial charge is 0.437 e. The van der Waals surface area contributed by atoms with E-state index >= 15 is 0 Å². The van der Waals surface area contributed by atoms with E-state index in [4.69, 9.17) is 27.9 Å². The van der Waals surface area contributed by atoms with Gasteiger partial charge in [0.15, 0.2) is 0 Å². The third-order valence-corrected chi connectivity index (χ3v) is 3.14. The maximum absolute atomic E-state index is 13.1. The summed E-state index contributed by atoms with van der Waals surface area (Å²) in [5, 5.41) is 3.72. The van der Waals surface area contributed by atoms with E-state index in [9.17, 15) is 4.39 Å². The van der Waals surface area contributed by atoms with Crippen molar-refractivity contribution in [1.29, 1.82) is 0 Å². The summed E-state index contributed by atoms with van der Waals surface area (Å²) < 4.78 is 18.7. The number of hydrogen-bond acceptors (Lipinski definition) is 3. The molecule has 0 fully saturated rings. The van der Waals surface area contributed by atoms with Gasteiger partial charge in [0.1, 0.15) is 22.4 Å². The Morgan fingerprint density at radius 1 is 1.25 bits per heavy atom. The number of aromatic nitrogens is 1. The van der Waals surface area contributed by atoms with E-state index in [1.54, 1.807) is 13.0 Å². The van der Waals surface area contributed by atoms with Crippen molar-refractivity contribution in [3.8, 4) is 11.6 Å². The number of rotatable bonds is 4. The van der Waals surface area contributed by atoms with E-state index in [0.717, 1.165) is 0 Å². The van der Waals surface area contributed by atoms with Crippen LogP contribution < -0.4 is 10.1 Å². The molecule has 0 saturated carbocycles. The Balaban J connectivity index is 2.35. The van der Waals surface area contributed by atoms with Crippen LogP contribution in [0.4, 0.5) is 10.2 Å². The van der Waals surface area contributed by atoms with E-state index in [0.29, 0.717) is 33.7 Å². The second-order valence-electron chi connectivity index (χ2n) is 4.15. The average Bonchev–Trinajstić information content (AvgIpc) is 2.38. The molecule has 6 heteroatoms. The molecule has 0 aliphatic heterocycles. The second kappa shape index (κ2) is 6.29. The standard InChI is InChI=1S/C14H13Cl2FN2O/c1-3-18-13-10(15)7-11(16)14(19-13)20-12-5-4-9(17)6-8(12)2/h4-7H,3H2,1-2H3,(H,18,19). The summed E-state index contributed by atoms with van der Waals surface area (Å²) in [5.74, 6) is 0.888. The summed E-state index contributed by atoms with van der Waals surface area (Å²) in [6.45, 7) is 4.34. The third kappa shape index (κ3) is 3.32. The SMILES string of the molecule is CCNc1nc(Oc2ccc(F)cc2C)c(Cl)cc1Cl. The molecular weight excluding hydrogens is 302 g/mol. The summed E-state index contributed by atoms with van der Waals surface area (Å²) in [5.41, 5.74) is 0.655. The van der Waals surface area contributed by atoms with Crippen LogP contribution >= 0.6 is 23.2 Å². The fourth-order valence-electron chi connectivity index (χ4n) is 1.64. The normalized spacial score (nSPS) is 10.4. The van der Waals surface area contributed by atoms with Gasteiger partial charge in [-0.25, -0.2) is 4.39 Å². The van der Waals surface area contributed by atoms with Gasteiger partial charge in [0.05, 0.1) is 5.02 Å². The van der Waals surface area contributed by atoms with Crippen LogP contribution in [0.3, 0.4) is 0 Å². The lowest BCUT2D eigenvalue weighted by molar-refractivity contribution is 0.458. The predicted molar refractivity (Wildman–Crippen MR) is 79.6 cm³/mol. The molecule has 106 valence electrons. The number of pyridine rings is 1. The number of ether oxygens (including phenoxy) is 1. The van der Waals surface area contributed by atoms with Crippen molar-refractivity contribution in [3.05, 3.63) is 45.7 Å². The van der Waals surface area contributed by atoms with Crippen LogP contribution in [0.15, 0.2) is 24.3 Å². The molecule has 0 spiro atoms. The number of benzene rings is 1. The number of halogens is 3.